The van der Waals surface area contributed by atoms with Crippen molar-refractivity contribution in [3.8, 4) is 5.75 Å². The quantitative estimate of drug-likeness (QED) is 0.598. The maximum Gasteiger partial charge on any atom is 0.277 e. The van der Waals surface area contributed by atoms with Crippen LogP contribution in [0, 0.1) is 0 Å². The van der Waals surface area contributed by atoms with Crippen molar-refractivity contribution in [3.05, 3.63) is 42.1 Å². The predicted octanol–water partition coefficient (Wildman–Crippen LogP) is 1.45. The van der Waals surface area contributed by atoms with E-state index in [9.17, 15) is 9.90 Å². The Labute approximate surface area is 176 Å². The van der Waals surface area contributed by atoms with Crippen molar-refractivity contribution in [2.45, 2.75) is 19.6 Å². The number of benzene rings is 1. The van der Waals surface area contributed by atoms with Crippen LogP contribution in [0.2, 0.25) is 0 Å². The van der Waals surface area contributed by atoms with Gasteiger partial charge in [0.25, 0.3) is 5.91 Å². The first-order chi connectivity index (χ1) is 14.6. The van der Waals surface area contributed by atoms with Gasteiger partial charge in [0.1, 0.15) is 12.0 Å². The number of carbonyl (C=O) groups is 1. The average Bonchev–Trinajstić information content (AvgIpc) is 3.23. The Morgan fingerprint density at radius 3 is 2.60 bits per heavy atom. The van der Waals surface area contributed by atoms with Crippen LogP contribution < -0.4 is 10.1 Å². The molecule has 2 N–H and O–H groups in total. The molecule has 1 atom stereocenters. The van der Waals surface area contributed by atoms with Gasteiger partial charge in [0.05, 0.1) is 26.4 Å². The van der Waals surface area contributed by atoms with Crippen molar-refractivity contribution < 1.29 is 23.8 Å². The van der Waals surface area contributed by atoms with Crippen LogP contribution >= 0.6 is 0 Å². The normalized spacial score (nSPS) is 16.4. The third-order valence-electron chi connectivity index (χ3n) is 4.94. The summed E-state index contributed by atoms with van der Waals surface area (Å²) in [7, 11) is 1.59. The second kappa shape index (κ2) is 11.1. The number of nitrogens with one attached hydrogen (secondary N) is 1. The number of β-amino-alcohol motifs (C(OH)–C–C–N with tert-alkyl or cyclic N) is 1. The van der Waals surface area contributed by atoms with Crippen molar-refractivity contribution in [2.24, 2.45) is 0 Å². The molecular weight excluding hydrogens is 388 g/mol. The molecule has 2 aromatic rings. The van der Waals surface area contributed by atoms with Gasteiger partial charge in [0, 0.05) is 45.0 Å². The third kappa shape index (κ3) is 6.53. The number of oxazole rings is 1. The Bertz CT molecular complexity index is 787. The fraction of sp³-hybridized carbons (Fsp3) is 0.524. The minimum atomic E-state index is -0.463. The number of anilines is 1. The molecule has 0 aliphatic carbocycles. The SMILES string of the molecule is CCOCC(O)CN1CCN(Cc2nc(C(=O)Nc3ccc(OC)cc3)co2)CC1. The van der Waals surface area contributed by atoms with Gasteiger partial charge in [-0.05, 0) is 31.2 Å². The van der Waals surface area contributed by atoms with Crippen molar-refractivity contribution in [1.82, 2.24) is 14.8 Å². The number of nitrogens with zero attached hydrogens (tertiary/aromatic N) is 3. The van der Waals surface area contributed by atoms with E-state index in [0.717, 1.165) is 31.9 Å². The molecule has 9 heteroatoms. The van der Waals surface area contributed by atoms with Crippen LogP contribution in [0.1, 0.15) is 23.3 Å². The molecule has 30 heavy (non-hydrogen) atoms. The first kappa shape index (κ1) is 22.2. The van der Waals surface area contributed by atoms with Crippen LogP contribution in [0.3, 0.4) is 0 Å². The molecular formula is C21H30N4O5. The molecule has 0 bridgehead atoms. The lowest BCUT2D eigenvalue weighted by molar-refractivity contribution is 0.00949. The lowest BCUT2D eigenvalue weighted by Crippen LogP contribution is -2.48. The summed E-state index contributed by atoms with van der Waals surface area (Å²) >= 11 is 0. The fourth-order valence-electron chi connectivity index (χ4n) is 3.28. The van der Waals surface area contributed by atoms with Crippen LogP contribution in [0.5, 0.6) is 5.75 Å². The van der Waals surface area contributed by atoms with Gasteiger partial charge < -0.3 is 24.3 Å². The summed E-state index contributed by atoms with van der Waals surface area (Å²) in [5, 5.41) is 12.8. The summed E-state index contributed by atoms with van der Waals surface area (Å²) < 4.78 is 15.9. The van der Waals surface area contributed by atoms with E-state index in [1.165, 1.54) is 6.26 Å². The Hall–Kier alpha value is -2.46. The number of piperazine rings is 1. The summed E-state index contributed by atoms with van der Waals surface area (Å²) in [6, 6.07) is 7.09. The van der Waals surface area contributed by atoms with Crippen LogP contribution in [0.25, 0.3) is 0 Å². The van der Waals surface area contributed by atoms with Gasteiger partial charge in [0.15, 0.2) is 5.69 Å². The third-order valence-corrected chi connectivity index (χ3v) is 4.94. The van der Waals surface area contributed by atoms with Crippen LogP contribution in [0.15, 0.2) is 34.9 Å². The first-order valence-electron chi connectivity index (χ1n) is 10.2. The highest BCUT2D eigenvalue weighted by Crippen LogP contribution is 2.16. The topological polar surface area (TPSA) is 100 Å². The molecule has 1 amide bonds. The zero-order valence-corrected chi connectivity index (χ0v) is 17.5. The number of amides is 1. The summed E-state index contributed by atoms with van der Waals surface area (Å²) in [4.78, 5) is 21.1. The number of carbonyl (C=O) groups excluding carboxylic acids is 1. The lowest BCUT2D eigenvalue weighted by atomic mass is 10.2. The number of methoxy groups -OCH3 is 1. The molecule has 1 aliphatic heterocycles. The van der Waals surface area contributed by atoms with E-state index in [0.29, 0.717) is 37.9 Å². The van der Waals surface area contributed by atoms with Crippen molar-refractivity contribution in [3.63, 3.8) is 0 Å². The zero-order chi connectivity index (χ0) is 21.3. The molecule has 3 rings (SSSR count). The zero-order valence-electron chi connectivity index (χ0n) is 17.5. The minimum absolute atomic E-state index is 0.249. The van der Waals surface area contributed by atoms with Gasteiger partial charge in [-0.25, -0.2) is 4.98 Å². The summed E-state index contributed by atoms with van der Waals surface area (Å²) in [6.45, 7) is 7.46. The molecule has 0 spiro atoms. The van der Waals surface area contributed by atoms with Gasteiger partial charge in [-0.3, -0.25) is 14.6 Å². The second-order valence-electron chi connectivity index (χ2n) is 7.20. The number of rotatable bonds is 10. The van der Waals surface area contributed by atoms with Gasteiger partial charge in [0.2, 0.25) is 5.89 Å². The molecule has 9 nitrogen and oxygen atoms in total. The molecule has 0 radical (unpaired) electrons. The molecule has 2 heterocycles. The highest BCUT2D eigenvalue weighted by molar-refractivity contribution is 6.02. The Kier molecular flexibility index (Phi) is 8.21. The van der Waals surface area contributed by atoms with E-state index in [1.807, 2.05) is 6.92 Å². The van der Waals surface area contributed by atoms with Crippen LogP contribution in [-0.2, 0) is 11.3 Å². The second-order valence-corrected chi connectivity index (χ2v) is 7.20. The van der Waals surface area contributed by atoms with E-state index >= 15 is 0 Å². The van der Waals surface area contributed by atoms with E-state index in [2.05, 4.69) is 20.1 Å². The van der Waals surface area contributed by atoms with E-state index < -0.39 is 6.10 Å². The molecule has 164 valence electrons. The van der Waals surface area contributed by atoms with Crippen molar-refractivity contribution in [2.75, 3.05) is 58.4 Å². The van der Waals surface area contributed by atoms with E-state index in [-0.39, 0.29) is 11.6 Å². The smallest absolute Gasteiger partial charge is 0.277 e. The molecule has 0 saturated carbocycles. The van der Waals surface area contributed by atoms with Crippen LogP contribution in [-0.4, -0.2) is 84.9 Å². The molecule has 1 aromatic carbocycles. The first-order valence-corrected chi connectivity index (χ1v) is 10.2. The largest absolute Gasteiger partial charge is 0.497 e. The van der Waals surface area contributed by atoms with Gasteiger partial charge in [-0.1, -0.05) is 0 Å². The number of aliphatic hydroxyl groups excluding tert-OH is 1. The Morgan fingerprint density at radius 2 is 1.93 bits per heavy atom. The standard InChI is InChI=1S/C21H30N4O5/c1-3-29-14-17(26)12-24-8-10-25(11-9-24)13-20-23-19(15-30-20)21(27)22-16-4-6-18(28-2)7-5-16/h4-7,15,17,26H,3,8-14H2,1-2H3,(H,22,27). The predicted molar refractivity (Wildman–Crippen MR) is 112 cm³/mol. The Balaban J connectivity index is 1.43. The summed E-state index contributed by atoms with van der Waals surface area (Å²) in [5.74, 6) is 0.920. The Morgan fingerprint density at radius 1 is 1.23 bits per heavy atom. The minimum Gasteiger partial charge on any atom is -0.497 e. The fourth-order valence-corrected chi connectivity index (χ4v) is 3.28. The van der Waals surface area contributed by atoms with Crippen LogP contribution in [0.4, 0.5) is 5.69 Å². The summed E-state index contributed by atoms with van der Waals surface area (Å²) in [6.07, 6.45) is 0.921. The van der Waals surface area contributed by atoms with Gasteiger partial charge in [-0.15, -0.1) is 0 Å². The molecule has 1 fully saturated rings. The average molecular weight is 418 g/mol. The number of ether oxygens (including phenoxy) is 2. The number of hydrogen-bond acceptors (Lipinski definition) is 8. The van der Waals surface area contributed by atoms with Gasteiger partial charge in [-0.2, -0.15) is 0 Å². The monoisotopic (exact) mass is 418 g/mol. The molecule has 1 saturated heterocycles. The van der Waals surface area contributed by atoms with Crippen molar-refractivity contribution in [1.29, 1.82) is 0 Å². The van der Waals surface area contributed by atoms with E-state index in [1.54, 1.807) is 31.4 Å². The lowest BCUT2D eigenvalue weighted by Gasteiger charge is -2.34. The molecule has 1 aromatic heterocycles. The van der Waals surface area contributed by atoms with Gasteiger partial charge >= 0.3 is 0 Å². The summed E-state index contributed by atoms with van der Waals surface area (Å²) in [5.41, 5.74) is 0.909. The maximum absolute atomic E-state index is 12.4. The number of hydrogen-bond donors (Lipinski definition) is 2. The van der Waals surface area contributed by atoms with E-state index in [4.69, 9.17) is 13.9 Å². The molecule has 1 aliphatic rings. The highest BCUT2D eigenvalue weighted by Gasteiger charge is 2.21. The highest BCUT2D eigenvalue weighted by atomic mass is 16.5. The maximum atomic E-state index is 12.4. The number of aromatic nitrogens is 1. The molecule has 1 unspecified atom stereocenters. The number of aliphatic hydroxyl groups is 1. The van der Waals surface area contributed by atoms with Crippen molar-refractivity contribution >= 4 is 11.6 Å².